The van der Waals surface area contributed by atoms with Crippen LogP contribution >= 0.6 is 0 Å². The maximum absolute atomic E-state index is 15.1. The Labute approximate surface area is 193 Å². The molecule has 0 bridgehead atoms. The van der Waals surface area contributed by atoms with Gasteiger partial charge >= 0.3 is 11.9 Å². The number of nitrogens with one attached hydrogen (secondary N) is 1. The number of anilines is 1. The van der Waals surface area contributed by atoms with E-state index in [2.05, 4.69) is 5.10 Å². The van der Waals surface area contributed by atoms with Crippen LogP contribution in [0.15, 0.2) is 35.1 Å². The van der Waals surface area contributed by atoms with Gasteiger partial charge in [-0.2, -0.15) is 17.9 Å². The van der Waals surface area contributed by atoms with E-state index in [1.165, 1.54) is 11.6 Å². The molecule has 0 aliphatic heterocycles. The molecule has 0 unspecified atom stereocenters. The number of amides is 1. The van der Waals surface area contributed by atoms with Gasteiger partial charge in [-0.05, 0) is 38.0 Å². The molecule has 186 valence electrons. The van der Waals surface area contributed by atoms with E-state index in [9.17, 15) is 31.5 Å². The van der Waals surface area contributed by atoms with Crippen molar-refractivity contribution in [2.75, 3.05) is 5.32 Å². The van der Waals surface area contributed by atoms with Gasteiger partial charge in [-0.3, -0.25) is 9.36 Å². The van der Waals surface area contributed by atoms with Crippen molar-refractivity contribution < 1.29 is 35.9 Å². The summed E-state index contributed by atoms with van der Waals surface area (Å²) in [5.41, 5.74) is -2.98. The van der Waals surface area contributed by atoms with Crippen molar-refractivity contribution in [2.24, 2.45) is 7.05 Å². The lowest BCUT2D eigenvalue weighted by molar-refractivity contribution is -0.189. The second-order valence-corrected chi connectivity index (χ2v) is 8.04. The SMILES string of the molecule is C[C@H](Oc1cc(-n2nc(C3CC3)n(C)c2=O)c(F)cc1C(=O)Nc1c(F)cccc1F)C(F)(F)F. The molecule has 1 aliphatic rings. The lowest BCUT2D eigenvalue weighted by Crippen LogP contribution is -2.32. The number of hydrogen-bond acceptors (Lipinski definition) is 4. The zero-order valence-corrected chi connectivity index (χ0v) is 18.3. The number of aromatic nitrogens is 3. The van der Waals surface area contributed by atoms with Crippen molar-refractivity contribution in [1.29, 1.82) is 0 Å². The standard InChI is InChI=1S/C22H18F6N4O3/c1-10(22(26,27)28)35-17-9-16(32-21(34)31(2)19(30-32)11-6-7-11)15(25)8-12(17)20(33)29-18-13(23)4-3-5-14(18)24/h3-5,8-11H,6-7H2,1-2H3,(H,29,33)/t10-/m0/s1. The number of para-hydroxylation sites is 1. The van der Waals surface area contributed by atoms with Gasteiger partial charge in [0.25, 0.3) is 5.91 Å². The Morgan fingerprint density at radius 2 is 1.77 bits per heavy atom. The maximum atomic E-state index is 15.1. The Balaban J connectivity index is 1.81. The molecular formula is C22H18F6N4O3. The molecule has 3 aromatic rings. The van der Waals surface area contributed by atoms with Crippen LogP contribution in [0.1, 0.15) is 41.9 Å². The van der Waals surface area contributed by atoms with Gasteiger partial charge in [-0.15, -0.1) is 5.10 Å². The van der Waals surface area contributed by atoms with Crippen LogP contribution in [0.3, 0.4) is 0 Å². The van der Waals surface area contributed by atoms with Gasteiger partial charge in [0.05, 0.1) is 5.56 Å². The van der Waals surface area contributed by atoms with Crippen LogP contribution in [0, 0.1) is 17.5 Å². The number of carbonyl (C=O) groups is 1. The Bertz CT molecular complexity index is 1340. The van der Waals surface area contributed by atoms with Crippen LogP contribution in [0.4, 0.5) is 32.0 Å². The van der Waals surface area contributed by atoms with Crippen LogP contribution in [0.2, 0.25) is 0 Å². The van der Waals surface area contributed by atoms with Gasteiger partial charge in [0.15, 0.2) is 6.10 Å². The van der Waals surface area contributed by atoms with Crippen molar-refractivity contribution in [2.45, 2.75) is 38.0 Å². The summed E-state index contributed by atoms with van der Waals surface area (Å²) in [6.07, 6.45) is -5.76. The molecule has 7 nitrogen and oxygen atoms in total. The fourth-order valence-electron chi connectivity index (χ4n) is 3.34. The first-order chi connectivity index (χ1) is 16.4. The predicted molar refractivity (Wildman–Crippen MR) is 111 cm³/mol. The summed E-state index contributed by atoms with van der Waals surface area (Å²) in [4.78, 5) is 25.3. The van der Waals surface area contributed by atoms with Crippen LogP contribution < -0.4 is 15.7 Å². The smallest absolute Gasteiger partial charge is 0.425 e. The first-order valence-electron chi connectivity index (χ1n) is 10.4. The molecule has 0 spiro atoms. The fourth-order valence-corrected chi connectivity index (χ4v) is 3.34. The summed E-state index contributed by atoms with van der Waals surface area (Å²) in [5.74, 6) is -5.25. The first-order valence-corrected chi connectivity index (χ1v) is 10.4. The van der Waals surface area contributed by atoms with Crippen LogP contribution in [0.5, 0.6) is 5.75 Å². The van der Waals surface area contributed by atoms with E-state index in [0.29, 0.717) is 23.5 Å². The Morgan fingerprint density at radius 3 is 2.34 bits per heavy atom. The quantitative estimate of drug-likeness (QED) is 0.508. The normalized spacial score (nSPS) is 14.6. The molecule has 0 saturated heterocycles. The molecule has 1 N–H and O–H groups in total. The maximum Gasteiger partial charge on any atom is 0.425 e. The zero-order valence-electron chi connectivity index (χ0n) is 18.3. The number of rotatable bonds is 6. The van der Waals surface area contributed by atoms with Crippen molar-refractivity contribution in [3.05, 3.63) is 69.7 Å². The molecular weight excluding hydrogens is 482 g/mol. The summed E-state index contributed by atoms with van der Waals surface area (Å²) < 4.78 is 89.2. The van der Waals surface area contributed by atoms with Crippen molar-refractivity contribution in [1.82, 2.24) is 14.3 Å². The molecule has 1 aliphatic carbocycles. The third-order valence-electron chi connectivity index (χ3n) is 5.44. The third-order valence-corrected chi connectivity index (χ3v) is 5.44. The van der Waals surface area contributed by atoms with E-state index >= 15 is 4.39 Å². The van der Waals surface area contributed by atoms with Gasteiger partial charge < -0.3 is 10.1 Å². The topological polar surface area (TPSA) is 78.2 Å². The molecule has 1 heterocycles. The molecule has 4 rings (SSSR count). The fraction of sp³-hybridized carbons (Fsp3) is 0.318. The van der Waals surface area contributed by atoms with Gasteiger partial charge in [0, 0.05) is 19.0 Å². The summed E-state index contributed by atoms with van der Waals surface area (Å²) in [6.45, 7) is 0.652. The van der Waals surface area contributed by atoms with E-state index in [-0.39, 0.29) is 5.92 Å². The lowest BCUT2D eigenvalue weighted by atomic mass is 10.1. The van der Waals surface area contributed by atoms with Crippen LogP contribution in [0.25, 0.3) is 5.69 Å². The largest absolute Gasteiger partial charge is 0.480 e. The van der Waals surface area contributed by atoms with E-state index in [1.807, 2.05) is 5.32 Å². The summed E-state index contributed by atoms with van der Waals surface area (Å²) in [5, 5.41) is 5.96. The Morgan fingerprint density at radius 1 is 1.14 bits per heavy atom. The van der Waals surface area contributed by atoms with Gasteiger partial charge in [0.2, 0.25) is 0 Å². The van der Waals surface area contributed by atoms with Crippen LogP contribution in [-0.4, -0.2) is 32.5 Å². The van der Waals surface area contributed by atoms with E-state index in [0.717, 1.165) is 37.1 Å². The molecule has 1 fully saturated rings. The van der Waals surface area contributed by atoms with Crippen molar-refractivity contribution in [3.8, 4) is 11.4 Å². The first kappa shape index (κ1) is 24.4. The minimum atomic E-state index is -4.86. The molecule has 2 aromatic carbocycles. The number of halogens is 6. The highest BCUT2D eigenvalue weighted by atomic mass is 19.4. The minimum absolute atomic E-state index is 0.00120. The van der Waals surface area contributed by atoms with Crippen molar-refractivity contribution >= 4 is 11.6 Å². The summed E-state index contributed by atoms with van der Waals surface area (Å²) in [7, 11) is 1.42. The highest BCUT2D eigenvalue weighted by Crippen LogP contribution is 2.38. The summed E-state index contributed by atoms with van der Waals surface area (Å²) in [6, 6.07) is 3.96. The number of carbonyl (C=O) groups excluding carboxylic acids is 1. The molecule has 35 heavy (non-hydrogen) atoms. The zero-order chi connectivity index (χ0) is 25.7. The highest BCUT2D eigenvalue weighted by molar-refractivity contribution is 6.06. The van der Waals surface area contributed by atoms with Crippen molar-refractivity contribution in [3.63, 3.8) is 0 Å². The van der Waals surface area contributed by atoms with Gasteiger partial charge in [0.1, 0.15) is 40.4 Å². The van der Waals surface area contributed by atoms with Gasteiger partial charge in [-0.25, -0.2) is 18.0 Å². The monoisotopic (exact) mass is 500 g/mol. The molecule has 0 radical (unpaired) electrons. The number of alkyl halides is 3. The van der Waals surface area contributed by atoms with Crippen LogP contribution in [-0.2, 0) is 7.05 Å². The van der Waals surface area contributed by atoms with Gasteiger partial charge in [-0.1, -0.05) is 6.07 Å². The Hall–Kier alpha value is -3.77. The number of ether oxygens (including phenoxy) is 1. The molecule has 1 amide bonds. The minimum Gasteiger partial charge on any atom is -0.480 e. The number of hydrogen-bond donors (Lipinski definition) is 1. The summed E-state index contributed by atoms with van der Waals surface area (Å²) >= 11 is 0. The highest BCUT2D eigenvalue weighted by Gasteiger charge is 2.39. The third kappa shape index (κ3) is 4.75. The lowest BCUT2D eigenvalue weighted by Gasteiger charge is -2.20. The predicted octanol–water partition coefficient (Wildman–Crippen LogP) is 4.45. The molecule has 13 heteroatoms. The average Bonchev–Trinajstić information content (AvgIpc) is 3.57. The average molecular weight is 500 g/mol. The number of nitrogens with zero attached hydrogens (tertiary/aromatic N) is 3. The van der Waals surface area contributed by atoms with E-state index < -0.39 is 64.0 Å². The molecule has 1 aromatic heterocycles. The van der Waals surface area contributed by atoms with E-state index in [4.69, 9.17) is 4.74 Å². The second kappa shape index (κ2) is 8.78. The number of benzene rings is 2. The second-order valence-electron chi connectivity index (χ2n) is 8.04. The Kier molecular flexibility index (Phi) is 6.11. The molecule has 1 atom stereocenters. The van der Waals surface area contributed by atoms with E-state index in [1.54, 1.807) is 0 Å². The molecule has 1 saturated carbocycles.